The molecular weight excluding hydrogens is 388 g/mol. The van der Waals surface area contributed by atoms with Crippen LogP contribution in [0.3, 0.4) is 0 Å². The van der Waals surface area contributed by atoms with E-state index in [0.29, 0.717) is 5.69 Å². The lowest BCUT2D eigenvalue weighted by molar-refractivity contribution is 0.199. The topological polar surface area (TPSA) is 61.6 Å². The van der Waals surface area contributed by atoms with E-state index in [1.165, 1.54) is 4.90 Å². The van der Waals surface area contributed by atoms with Gasteiger partial charge in [0.2, 0.25) is 0 Å². The average molecular weight is 415 g/mol. The van der Waals surface area contributed by atoms with Crippen LogP contribution >= 0.6 is 0 Å². The summed E-state index contributed by atoms with van der Waals surface area (Å²) >= 11 is 0. The summed E-state index contributed by atoms with van der Waals surface area (Å²) in [6.07, 6.45) is 5.62. The molecule has 0 fully saturated rings. The smallest absolute Gasteiger partial charge is 0.412 e. The molecule has 2 heterocycles. The van der Waals surface area contributed by atoms with Gasteiger partial charge in [0.25, 0.3) is 0 Å². The Balaban J connectivity index is 1.73. The molecule has 1 amide bonds. The molecule has 6 heteroatoms. The summed E-state index contributed by atoms with van der Waals surface area (Å²) in [5, 5.41) is 13.1. The summed E-state index contributed by atoms with van der Waals surface area (Å²) in [6.45, 7) is 4.90. The van der Waals surface area contributed by atoms with Crippen molar-refractivity contribution in [2.75, 3.05) is 16.5 Å². The Morgan fingerprint density at radius 1 is 1.03 bits per heavy atom. The maximum atomic E-state index is 12.1. The molecule has 0 saturated carbocycles. The molecule has 31 heavy (non-hydrogen) atoms. The molecule has 4 aromatic rings. The number of anilines is 2. The van der Waals surface area contributed by atoms with E-state index in [9.17, 15) is 9.90 Å². The second kappa shape index (κ2) is 8.92. The highest BCUT2D eigenvalue weighted by atomic mass is 16.4. The van der Waals surface area contributed by atoms with Crippen molar-refractivity contribution in [1.29, 1.82) is 0 Å². The summed E-state index contributed by atoms with van der Waals surface area (Å²) in [4.78, 5) is 17.7. The first-order valence-corrected chi connectivity index (χ1v) is 10.5. The van der Waals surface area contributed by atoms with Crippen LogP contribution in [0.2, 0.25) is 0 Å². The molecule has 0 saturated heterocycles. The normalized spacial score (nSPS) is 11.9. The number of rotatable bonds is 7. The van der Waals surface area contributed by atoms with E-state index in [-0.39, 0.29) is 6.04 Å². The molecule has 0 unspecified atom stereocenters. The number of carbonyl (C=O) groups is 1. The minimum atomic E-state index is -0.973. The Kier molecular flexibility index (Phi) is 5.89. The van der Waals surface area contributed by atoms with Gasteiger partial charge in [0.15, 0.2) is 0 Å². The number of pyridine rings is 1. The highest BCUT2D eigenvalue weighted by Crippen LogP contribution is 2.31. The Labute approximate surface area is 182 Å². The van der Waals surface area contributed by atoms with E-state index < -0.39 is 6.09 Å². The van der Waals surface area contributed by atoms with Crippen molar-refractivity contribution in [2.45, 2.75) is 26.3 Å². The van der Waals surface area contributed by atoms with Crippen molar-refractivity contribution in [2.24, 2.45) is 0 Å². The van der Waals surface area contributed by atoms with E-state index in [2.05, 4.69) is 21.6 Å². The van der Waals surface area contributed by atoms with E-state index in [0.717, 1.165) is 35.1 Å². The van der Waals surface area contributed by atoms with E-state index in [1.54, 1.807) is 12.4 Å². The molecule has 158 valence electrons. The first-order chi connectivity index (χ1) is 15.1. The number of hydrogen-bond acceptors (Lipinski definition) is 3. The van der Waals surface area contributed by atoms with E-state index in [1.807, 2.05) is 79.9 Å². The third-order valence-corrected chi connectivity index (χ3v) is 5.46. The van der Waals surface area contributed by atoms with Crippen molar-refractivity contribution in [3.05, 3.63) is 90.9 Å². The van der Waals surface area contributed by atoms with Crippen molar-refractivity contribution in [3.63, 3.8) is 0 Å². The zero-order chi connectivity index (χ0) is 21.8. The van der Waals surface area contributed by atoms with Crippen molar-refractivity contribution < 1.29 is 9.90 Å². The van der Waals surface area contributed by atoms with Crippen LogP contribution in [0.4, 0.5) is 16.2 Å². The second-order valence-electron chi connectivity index (χ2n) is 7.47. The molecule has 2 aromatic carbocycles. The lowest BCUT2D eigenvalue weighted by Gasteiger charge is -2.28. The molecule has 2 aromatic heterocycles. The predicted octanol–water partition coefficient (Wildman–Crippen LogP) is 5.96. The number of aromatic nitrogens is 2. The fourth-order valence-corrected chi connectivity index (χ4v) is 3.95. The quantitative estimate of drug-likeness (QED) is 0.405. The minimum Gasteiger partial charge on any atom is -0.465 e. The van der Waals surface area contributed by atoms with Gasteiger partial charge in [-0.1, -0.05) is 37.3 Å². The Morgan fingerprint density at radius 2 is 1.77 bits per heavy atom. The van der Waals surface area contributed by atoms with Gasteiger partial charge in [-0.15, -0.1) is 0 Å². The number of benzene rings is 2. The first-order valence-electron chi connectivity index (χ1n) is 10.5. The van der Waals surface area contributed by atoms with Gasteiger partial charge in [0.05, 0.1) is 17.2 Å². The lowest BCUT2D eigenvalue weighted by Crippen LogP contribution is -2.32. The highest BCUT2D eigenvalue weighted by molar-refractivity contribution is 5.92. The van der Waals surface area contributed by atoms with Gasteiger partial charge < -0.3 is 5.11 Å². The van der Waals surface area contributed by atoms with E-state index >= 15 is 0 Å². The molecule has 0 aliphatic carbocycles. The van der Waals surface area contributed by atoms with Crippen LogP contribution in [0.15, 0.2) is 85.3 Å². The molecular formula is C25H26N4O2. The number of amides is 1. The molecule has 0 radical (unpaired) electrons. The van der Waals surface area contributed by atoms with Crippen molar-refractivity contribution in [3.8, 4) is 0 Å². The van der Waals surface area contributed by atoms with E-state index in [4.69, 9.17) is 0 Å². The molecule has 0 aliphatic rings. The van der Waals surface area contributed by atoms with Gasteiger partial charge in [0, 0.05) is 36.2 Å². The molecule has 1 atom stereocenters. The Bertz CT molecular complexity index is 1160. The standard InChI is InChI=1S/C25H26N4O2/c1-3-16-27(22-11-14-26-15-12-22)28-17-13-21-18-23(9-10-24(21)28)29(25(30)31)19(2)20-7-5-4-6-8-20/h4-15,17-19H,3,16H2,1-2H3,(H,30,31)/t19-/m0/s1. The van der Waals surface area contributed by atoms with Gasteiger partial charge >= 0.3 is 6.09 Å². The van der Waals surface area contributed by atoms with Crippen LogP contribution in [0.5, 0.6) is 0 Å². The maximum absolute atomic E-state index is 12.1. The number of hydrogen-bond donors (Lipinski definition) is 1. The van der Waals surface area contributed by atoms with Crippen molar-refractivity contribution in [1.82, 2.24) is 9.66 Å². The van der Waals surface area contributed by atoms with Crippen LogP contribution < -0.4 is 9.91 Å². The predicted molar refractivity (Wildman–Crippen MR) is 125 cm³/mol. The molecule has 1 N–H and O–H groups in total. The third-order valence-electron chi connectivity index (χ3n) is 5.46. The second-order valence-corrected chi connectivity index (χ2v) is 7.47. The largest absolute Gasteiger partial charge is 0.465 e. The van der Waals surface area contributed by atoms with Crippen LogP contribution in [0, 0.1) is 0 Å². The number of nitrogens with zero attached hydrogens (tertiary/aromatic N) is 4. The van der Waals surface area contributed by atoms with Gasteiger partial charge in [-0.05, 0) is 55.3 Å². The summed E-state index contributed by atoms with van der Waals surface area (Å²) in [7, 11) is 0. The summed E-state index contributed by atoms with van der Waals surface area (Å²) in [5.74, 6) is 0. The summed E-state index contributed by atoms with van der Waals surface area (Å²) in [6, 6.07) is 21.2. The number of carboxylic acid groups (broad SMARTS) is 1. The Morgan fingerprint density at radius 3 is 2.45 bits per heavy atom. The molecule has 0 spiro atoms. The highest BCUT2D eigenvalue weighted by Gasteiger charge is 2.23. The Hall–Kier alpha value is -3.80. The molecule has 4 rings (SSSR count). The zero-order valence-electron chi connectivity index (χ0n) is 17.7. The molecule has 0 bridgehead atoms. The van der Waals surface area contributed by atoms with Gasteiger partial charge in [-0.3, -0.25) is 19.6 Å². The summed E-state index contributed by atoms with van der Waals surface area (Å²) in [5.41, 5.74) is 3.68. The van der Waals surface area contributed by atoms with Crippen LogP contribution in [-0.2, 0) is 0 Å². The minimum absolute atomic E-state index is 0.299. The SMILES string of the molecule is CCCN(c1ccncc1)n1ccc2cc(N(C(=O)O)[C@@H](C)c3ccccc3)ccc21. The lowest BCUT2D eigenvalue weighted by atomic mass is 10.1. The third kappa shape index (κ3) is 4.10. The monoisotopic (exact) mass is 414 g/mol. The molecule has 6 nitrogen and oxygen atoms in total. The first kappa shape index (κ1) is 20.5. The zero-order valence-corrected chi connectivity index (χ0v) is 17.7. The molecule has 0 aliphatic heterocycles. The van der Waals surface area contributed by atoms with Crippen LogP contribution in [0.25, 0.3) is 10.9 Å². The number of fused-ring (bicyclic) bond motifs is 1. The maximum Gasteiger partial charge on any atom is 0.412 e. The van der Waals surface area contributed by atoms with Crippen LogP contribution in [0.1, 0.15) is 31.9 Å². The average Bonchev–Trinajstić information content (AvgIpc) is 3.21. The van der Waals surface area contributed by atoms with Gasteiger partial charge in [-0.25, -0.2) is 4.79 Å². The van der Waals surface area contributed by atoms with Gasteiger partial charge in [-0.2, -0.15) is 0 Å². The van der Waals surface area contributed by atoms with Crippen molar-refractivity contribution >= 4 is 28.4 Å². The van der Waals surface area contributed by atoms with Gasteiger partial charge in [0.1, 0.15) is 0 Å². The summed E-state index contributed by atoms with van der Waals surface area (Å²) < 4.78 is 2.11. The fourth-order valence-electron chi connectivity index (χ4n) is 3.95. The van der Waals surface area contributed by atoms with Crippen LogP contribution in [-0.4, -0.2) is 27.4 Å². The fraction of sp³-hybridized carbons (Fsp3) is 0.200.